The molecule has 1 rings (SSSR count). The summed E-state index contributed by atoms with van der Waals surface area (Å²) in [5.74, 6) is -1.60. The highest BCUT2D eigenvalue weighted by Crippen LogP contribution is 2.26. The molecule has 10 nitrogen and oxygen atoms in total. The van der Waals surface area contributed by atoms with Crippen LogP contribution >= 0.6 is 0 Å². The number of aliphatic hydroxyl groups excluding tert-OH is 2. The number of esters is 3. The number of hydrogen-bond acceptors (Lipinski definition) is 10. The Morgan fingerprint density at radius 3 is 2.26 bits per heavy atom. The Labute approximate surface area is 206 Å². The summed E-state index contributed by atoms with van der Waals surface area (Å²) in [6.07, 6.45) is -1.14. The van der Waals surface area contributed by atoms with E-state index in [0.717, 1.165) is 11.1 Å². The molecule has 0 spiro atoms. The molecule has 0 aromatic carbocycles. The van der Waals surface area contributed by atoms with Crippen molar-refractivity contribution < 1.29 is 48.3 Å². The summed E-state index contributed by atoms with van der Waals surface area (Å²) in [7, 11) is 0. The third-order valence-electron chi connectivity index (χ3n) is 5.32. The fourth-order valence-corrected chi connectivity index (χ4v) is 3.09. The minimum Gasteiger partial charge on any atom is -0.463 e. The zero-order valence-electron chi connectivity index (χ0n) is 21.2. The standard InChI is InChI=1S/C25H38O10/c1-7-17(4)24(30)35-23-21(28)20(14-33-19(6)27)34-25(22(23)29)31-12-11-15(2)9-8-10-16(3)13-32-18(5)26/h7,10,20-23,25,28-29H,2,8-9,11-14H2,1,3-6H3/b16-10-,17-7-/t20-,21-,22-,23+,25-/m1/s1. The van der Waals surface area contributed by atoms with Gasteiger partial charge in [0.2, 0.25) is 0 Å². The lowest BCUT2D eigenvalue weighted by molar-refractivity contribution is -0.303. The number of carbonyl (C=O) groups is 3. The molecule has 198 valence electrons. The highest BCUT2D eigenvalue weighted by atomic mass is 16.7. The van der Waals surface area contributed by atoms with Crippen LogP contribution in [0.3, 0.4) is 0 Å². The van der Waals surface area contributed by atoms with Gasteiger partial charge in [0.1, 0.15) is 31.5 Å². The van der Waals surface area contributed by atoms with Gasteiger partial charge >= 0.3 is 17.9 Å². The van der Waals surface area contributed by atoms with Gasteiger partial charge in [-0.15, -0.1) is 0 Å². The van der Waals surface area contributed by atoms with Gasteiger partial charge < -0.3 is 33.9 Å². The monoisotopic (exact) mass is 498 g/mol. The number of allylic oxidation sites excluding steroid dienone is 2. The van der Waals surface area contributed by atoms with Gasteiger partial charge in [0, 0.05) is 19.4 Å². The molecule has 1 saturated heterocycles. The molecule has 5 atom stereocenters. The number of rotatable bonds is 13. The van der Waals surface area contributed by atoms with Crippen LogP contribution in [0.1, 0.15) is 53.9 Å². The second kappa shape index (κ2) is 15.5. The van der Waals surface area contributed by atoms with E-state index in [1.165, 1.54) is 13.8 Å². The van der Waals surface area contributed by atoms with Crippen LogP contribution in [0.25, 0.3) is 0 Å². The third-order valence-corrected chi connectivity index (χ3v) is 5.32. The lowest BCUT2D eigenvalue weighted by atomic mass is 9.98. The van der Waals surface area contributed by atoms with Gasteiger partial charge in [0.25, 0.3) is 0 Å². The zero-order chi connectivity index (χ0) is 26.5. The number of carbonyl (C=O) groups excluding carboxylic acids is 3. The van der Waals surface area contributed by atoms with Crippen LogP contribution in [0.5, 0.6) is 0 Å². The van der Waals surface area contributed by atoms with Gasteiger partial charge in [0.05, 0.1) is 6.61 Å². The van der Waals surface area contributed by atoms with E-state index in [9.17, 15) is 24.6 Å². The largest absolute Gasteiger partial charge is 0.463 e. The van der Waals surface area contributed by atoms with E-state index in [1.807, 2.05) is 13.0 Å². The van der Waals surface area contributed by atoms with Gasteiger partial charge in [-0.3, -0.25) is 9.59 Å². The molecule has 0 amide bonds. The predicted octanol–water partition coefficient (Wildman–Crippen LogP) is 2.13. The first-order valence-electron chi connectivity index (χ1n) is 11.5. The van der Waals surface area contributed by atoms with E-state index in [-0.39, 0.29) is 25.8 Å². The van der Waals surface area contributed by atoms with E-state index in [2.05, 4.69) is 6.58 Å². The van der Waals surface area contributed by atoms with Crippen molar-refractivity contribution in [2.24, 2.45) is 0 Å². The zero-order valence-corrected chi connectivity index (χ0v) is 21.2. The van der Waals surface area contributed by atoms with Crippen LogP contribution in [0.15, 0.2) is 35.5 Å². The Hall–Kier alpha value is -2.53. The van der Waals surface area contributed by atoms with E-state index in [1.54, 1.807) is 19.9 Å². The molecule has 0 aromatic heterocycles. The van der Waals surface area contributed by atoms with Gasteiger partial charge in [-0.25, -0.2) is 4.79 Å². The molecule has 2 N–H and O–H groups in total. The molecule has 35 heavy (non-hydrogen) atoms. The summed E-state index contributed by atoms with van der Waals surface area (Å²) in [5, 5.41) is 21.3. The van der Waals surface area contributed by atoms with Gasteiger partial charge in [0.15, 0.2) is 12.4 Å². The normalized spacial score (nSPS) is 25.1. The molecule has 1 heterocycles. The smallest absolute Gasteiger partial charge is 0.333 e. The Balaban J connectivity index is 2.67. The lowest BCUT2D eigenvalue weighted by Crippen LogP contribution is -2.60. The van der Waals surface area contributed by atoms with Crippen molar-refractivity contribution in [3.8, 4) is 0 Å². The maximum atomic E-state index is 12.2. The molecule has 1 aliphatic heterocycles. The first-order valence-corrected chi connectivity index (χ1v) is 11.5. The van der Waals surface area contributed by atoms with Crippen molar-refractivity contribution in [2.45, 2.75) is 84.6 Å². The Morgan fingerprint density at radius 2 is 1.66 bits per heavy atom. The quantitative estimate of drug-likeness (QED) is 0.168. The van der Waals surface area contributed by atoms with E-state index in [0.29, 0.717) is 24.8 Å². The summed E-state index contributed by atoms with van der Waals surface area (Å²) in [6, 6.07) is 0. The maximum Gasteiger partial charge on any atom is 0.333 e. The fraction of sp³-hybridized carbons (Fsp3) is 0.640. The van der Waals surface area contributed by atoms with E-state index < -0.39 is 42.6 Å². The van der Waals surface area contributed by atoms with Crippen molar-refractivity contribution in [3.63, 3.8) is 0 Å². The average Bonchev–Trinajstić information content (AvgIpc) is 2.80. The highest BCUT2D eigenvalue weighted by molar-refractivity contribution is 5.87. The topological polar surface area (TPSA) is 138 Å². The van der Waals surface area contributed by atoms with Crippen molar-refractivity contribution in [3.05, 3.63) is 35.5 Å². The van der Waals surface area contributed by atoms with Crippen LogP contribution in [-0.4, -0.2) is 78.6 Å². The van der Waals surface area contributed by atoms with Crippen molar-refractivity contribution in [1.82, 2.24) is 0 Å². The van der Waals surface area contributed by atoms with E-state index >= 15 is 0 Å². The van der Waals surface area contributed by atoms with E-state index in [4.69, 9.17) is 23.7 Å². The Morgan fingerprint density at radius 1 is 1.00 bits per heavy atom. The molecule has 10 heteroatoms. The Kier molecular flexibility index (Phi) is 13.5. The molecular weight excluding hydrogens is 460 g/mol. The minimum absolute atomic E-state index is 0.154. The number of aliphatic hydroxyl groups is 2. The highest BCUT2D eigenvalue weighted by Gasteiger charge is 2.47. The minimum atomic E-state index is -1.47. The molecular formula is C25H38O10. The van der Waals surface area contributed by atoms with Crippen molar-refractivity contribution >= 4 is 17.9 Å². The molecule has 0 aromatic rings. The van der Waals surface area contributed by atoms with Crippen molar-refractivity contribution in [2.75, 3.05) is 19.8 Å². The first-order chi connectivity index (χ1) is 16.5. The molecule has 0 unspecified atom stereocenters. The number of ether oxygens (including phenoxy) is 5. The lowest BCUT2D eigenvalue weighted by Gasteiger charge is -2.41. The molecule has 0 aliphatic carbocycles. The fourth-order valence-electron chi connectivity index (χ4n) is 3.09. The molecule has 0 radical (unpaired) electrons. The molecule has 0 bridgehead atoms. The van der Waals surface area contributed by atoms with Gasteiger partial charge in [-0.1, -0.05) is 24.3 Å². The van der Waals surface area contributed by atoms with Gasteiger partial charge in [-0.2, -0.15) is 0 Å². The molecule has 1 fully saturated rings. The third kappa shape index (κ3) is 11.2. The van der Waals surface area contributed by atoms with Gasteiger partial charge in [-0.05, 0) is 45.6 Å². The Bertz CT molecular complexity index is 800. The SMILES string of the molecule is C=C(CC/C=C(/C)COC(C)=O)CCO[C@@H]1O[C@H](COC(C)=O)[C@@H](O)[C@H](OC(=O)/C(C)=C\C)[C@H]1O. The summed E-state index contributed by atoms with van der Waals surface area (Å²) >= 11 is 0. The summed E-state index contributed by atoms with van der Waals surface area (Å²) in [6.45, 7) is 11.8. The molecule has 0 saturated carbocycles. The number of hydrogen-bond donors (Lipinski definition) is 2. The summed E-state index contributed by atoms with van der Waals surface area (Å²) < 4.78 is 26.5. The van der Waals surface area contributed by atoms with Crippen LogP contribution in [0, 0.1) is 0 Å². The summed E-state index contributed by atoms with van der Waals surface area (Å²) in [5.41, 5.74) is 2.14. The van der Waals surface area contributed by atoms with Crippen LogP contribution < -0.4 is 0 Å². The van der Waals surface area contributed by atoms with Crippen LogP contribution in [0.2, 0.25) is 0 Å². The second-order valence-electron chi connectivity index (χ2n) is 8.41. The first kappa shape index (κ1) is 30.5. The average molecular weight is 499 g/mol. The predicted molar refractivity (Wildman–Crippen MR) is 126 cm³/mol. The maximum absolute atomic E-state index is 12.2. The van der Waals surface area contributed by atoms with Crippen molar-refractivity contribution in [1.29, 1.82) is 0 Å². The van der Waals surface area contributed by atoms with Crippen LogP contribution in [-0.2, 0) is 38.1 Å². The summed E-state index contributed by atoms with van der Waals surface area (Å²) in [4.78, 5) is 34.3. The molecule has 1 aliphatic rings. The van der Waals surface area contributed by atoms with Crippen LogP contribution in [0.4, 0.5) is 0 Å². The second-order valence-corrected chi connectivity index (χ2v) is 8.41.